The normalized spacial score (nSPS) is 14.1. The molecule has 0 aromatic rings. The van der Waals surface area contributed by atoms with Gasteiger partial charge in [0.1, 0.15) is 0 Å². The fourth-order valence-electron chi connectivity index (χ4n) is 1.01. The number of hydrogen-bond acceptors (Lipinski definition) is 3. The van der Waals surface area contributed by atoms with Crippen LogP contribution in [-0.4, -0.2) is 31.3 Å². The standard InChI is InChI=1S/C9H19NO4S/c1-4-8(5-9(11)12)6-10-15(13,14)7(2)3/h7-8,10H,4-6H2,1-3H3,(H,11,12). The summed E-state index contributed by atoms with van der Waals surface area (Å²) in [5.41, 5.74) is 0. The molecule has 0 saturated carbocycles. The number of rotatable bonds is 7. The van der Waals surface area contributed by atoms with Crippen LogP contribution in [0.5, 0.6) is 0 Å². The highest BCUT2D eigenvalue weighted by atomic mass is 32.2. The number of hydrogen-bond donors (Lipinski definition) is 2. The average molecular weight is 237 g/mol. The minimum absolute atomic E-state index is 0.00286. The van der Waals surface area contributed by atoms with Crippen molar-refractivity contribution in [1.29, 1.82) is 0 Å². The molecule has 5 nitrogen and oxygen atoms in total. The van der Waals surface area contributed by atoms with Crippen LogP contribution in [0.3, 0.4) is 0 Å². The second kappa shape index (κ2) is 6.07. The van der Waals surface area contributed by atoms with Gasteiger partial charge in [-0.05, 0) is 19.8 Å². The molecule has 0 rings (SSSR count). The Hall–Kier alpha value is -0.620. The van der Waals surface area contributed by atoms with E-state index in [1.807, 2.05) is 6.92 Å². The first-order valence-corrected chi connectivity index (χ1v) is 6.54. The molecule has 0 bridgehead atoms. The number of carboxylic acids is 1. The van der Waals surface area contributed by atoms with Gasteiger partial charge in [0.05, 0.1) is 5.25 Å². The second-order valence-electron chi connectivity index (χ2n) is 3.81. The largest absolute Gasteiger partial charge is 0.481 e. The Balaban J connectivity index is 4.18. The zero-order chi connectivity index (χ0) is 12.1. The first-order valence-electron chi connectivity index (χ1n) is 4.99. The van der Waals surface area contributed by atoms with Gasteiger partial charge in [0.15, 0.2) is 0 Å². The van der Waals surface area contributed by atoms with Crippen molar-refractivity contribution in [1.82, 2.24) is 4.72 Å². The van der Waals surface area contributed by atoms with Crippen molar-refractivity contribution in [2.24, 2.45) is 5.92 Å². The van der Waals surface area contributed by atoms with Gasteiger partial charge in [-0.2, -0.15) is 0 Å². The maximum Gasteiger partial charge on any atom is 0.303 e. The number of nitrogens with one attached hydrogen (secondary N) is 1. The van der Waals surface area contributed by atoms with Gasteiger partial charge in [-0.3, -0.25) is 4.79 Å². The molecule has 0 saturated heterocycles. The van der Waals surface area contributed by atoms with Crippen LogP contribution in [0.2, 0.25) is 0 Å². The molecule has 1 unspecified atom stereocenters. The first-order chi connectivity index (χ1) is 6.79. The van der Waals surface area contributed by atoms with Crippen LogP contribution in [0, 0.1) is 5.92 Å². The molecule has 1 atom stereocenters. The van der Waals surface area contributed by atoms with Crippen molar-refractivity contribution < 1.29 is 18.3 Å². The third-order valence-electron chi connectivity index (χ3n) is 2.23. The predicted molar refractivity (Wildman–Crippen MR) is 58.1 cm³/mol. The van der Waals surface area contributed by atoms with Crippen molar-refractivity contribution in [3.63, 3.8) is 0 Å². The molecular weight excluding hydrogens is 218 g/mol. The minimum Gasteiger partial charge on any atom is -0.481 e. The summed E-state index contributed by atoms with van der Waals surface area (Å²) in [4.78, 5) is 10.4. The Morgan fingerprint density at radius 3 is 2.27 bits per heavy atom. The monoisotopic (exact) mass is 237 g/mol. The first kappa shape index (κ1) is 14.4. The van der Waals surface area contributed by atoms with Crippen LogP contribution < -0.4 is 4.72 Å². The zero-order valence-corrected chi connectivity index (χ0v) is 10.2. The Kier molecular flexibility index (Phi) is 5.82. The van der Waals surface area contributed by atoms with Crippen molar-refractivity contribution in [3.8, 4) is 0 Å². The lowest BCUT2D eigenvalue weighted by Crippen LogP contribution is -2.35. The van der Waals surface area contributed by atoms with Gasteiger partial charge in [0, 0.05) is 13.0 Å². The van der Waals surface area contributed by atoms with Gasteiger partial charge in [0.2, 0.25) is 10.0 Å². The third kappa shape index (κ3) is 5.74. The topological polar surface area (TPSA) is 83.5 Å². The van der Waals surface area contributed by atoms with Crippen molar-refractivity contribution >= 4 is 16.0 Å². The fourth-order valence-corrected chi connectivity index (χ4v) is 1.81. The molecule has 0 aliphatic heterocycles. The summed E-state index contributed by atoms with van der Waals surface area (Å²) < 4.78 is 25.2. The maximum atomic E-state index is 11.4. The van der Waals surface area contributed by atoms with E-state index < -0.39 is 21.2 Å². The van der Waals surface area contributed by atoms with E-state index in [0.29, 0.717) is 6.42 Å². The lowest BCUT2D eigenvalue weighted by atomic mass is 10.0. The van der Waals surface area contributed by atoms with Crippen LogP contribution in [0.4, 0.5) is 0 Å². The van der Waals surface area contributed by atoms with Gasteiger partial charge in [-0.25, -0.2) is 13.1 Å². The molecule has 0 aliphatic rings. The molecule has 2 N–H and O–H groups in total. The minimum atomic E-state index is -3.28. The van der Waals surface area contributed by atoms with Crippen LogP contribution in [0.25, 0.3) is 0 Å². The number of carboxylic acid groups (broad SMARTS) is 1. The quantitative estimate of drug-likeness (QED) is 0.686. The van der Waals surface area contributed by atoms with Crippen LogP contribution >= 0.6 is 0 Å². The van der Waals surface area contributed by atoms with Crippen molar-refractivity contribution in [2.75, 3.05) is 6.54 Å². The van der Waals surface area contributed by atoms with Crippen LogP contribution in [-0.2, 0) is 14.8 Å². The third-order valence-corrected chi connectivity index (χ3v) is 4.04. The van der Waals surface area contributed by atoms with E-state index in [1.165, 1.54) is 0 Å². The van der Waals surface area contributed by atoms with Gasteiger partial charge in [0.25, 0.3) is 0 Å². The van der Waals surface area contributed by atoms with Crippen LogP contribution in [0.15, 0.2) is 0 Å². The molecule has 0 aromatic carbocycles. The van der Waals surface area contributed by atoms with E-state index in [2.05, 4.69) is 4.72 Å². The summed E-state index contributed by atoms with van der Waals surface area (Å²) in [5, 5.41) is 8.09. The summed E-state index contributed by atoms with van der Waals surface area (Å²) in [6, 6.07) is 0. The SMILES string of the molecule is CCC(CNS(=O)(=O)C(C)C)CC(=O)O. The molecule has 0 radical (unpaired) electrons. The molecule has 0 aromatic heterocycles. The molecule has 15 heavy (non-hydrogen) atoms. The van der Waals surface area contributed by atoms with Gasteiger partial charge in [-0.15, -0.1) is 0 Å². The Labute approximate surface area is 90.9 Å². The van der Waals surface area contributed by atoms with E-state index >= 15 is 0 Å². The number of carbonyl (C=O) groups is 1. The molecule has 90 valence electrons. The molecule has 0 fully saturated rings. The van der Waals surface area contributed by atoms with Gasteiger partial charge < -0.3 is 5.11 Å². The highest BCUT2D eigenvalue weighted by Crippen LogP contribution is 2.08. The zero-order valence-electron chi connectivity index (χ0n) is 9.36. The highest BCUT2D eigenvalue weighted by molar-refractivity contribution is 7.90. The maximum absolute atomic E-state index is 11.4. The van der Waals surface area contributed by atoms with Gasteiger partial charge >= 0.3 is 5.97 Å². The Morgan fingerprint density at radius 2 is 1.93 bits per heavy atom. The fraction of sp³-hybridized carbons (Fsp3) is 0.889. The molecule has 0 aliphatic carbocycles. The lowest BCUT2D eigenvalue weighted by molar-refractivity contribution is -0.138. The average Bonchev–Trinajstić information content (AvgIpc) is 2.11. The van der Waals surface area contributed by atoms with Crippen molar-refractivity contribution in [3.05, 3.63) is 0 Å². The Morgan fingerprint density at radius 1 is 1.40 bits per heavy atom. The molecule has 0 amide bonds. The van der Waals surface area contributed by atoms with Crippen molar-refractivity contribution in [2.45, 2.75) is 38.9 Å². The van der Waals surface area contributed by atoms with E-state index in [1.54, 1.807) is 13.8 Å². The molecular formula is C9H19NO4S. The summed E-state index contributed by atoms with van der Waals surface area (Å²) in [5.74, 6) is -1.04. The number of sulfonamides is 1. The molecule has 6 heteroatoms. The summed E-state index contributed by atoms with van der Waals surface area (Å²) in [7, 11) is -3.28. The smallest absolute Gasteiger partial charge is 0.303 e. The van der Waals surface area contributed by atoms with Gasteiger partial charge in [-0.1, -0.05) is 13.3 Å². The summed E-state index contributed by atoms with van der Waals surface area (Å²) in [6.07, 6.45) is 0.643. The van der Waals surface area contributed by atoms with E-state index in [0.717, 1.165) is 0 Å². The lowest BCUT2D eigenvalue weighted by Gasteiger charge is -2.15. The number of aliphatic carboxylic acids is 1. The van der Waals surface area contributed by atoms with E-state index in [4.69, 9.17) is 5.11 Å². The summed E-state index contributed by atoms with van der Waals surface area (Å²) in [6.45, 7) is 5.21. The van der Waals surface area contributed by atoms with Crippen LogP contribution in [0.1, 0.15) is 33.6 Å². The summed E-state index contributed by atoms with van der Waals surface area (Å²) >= 11 is 0. The Bertz CT molecular complexity index is 297. The second-order valence-corrected chi connectivity index (χ2v) is 6.14. The molecule has 0 heterocycles. The van der Waals surface area contributed by atoms with E-state index in [-0.39, 0.29) is 18.9 Å². The molecule has 0 spiro atoms. The highest BCUT2D eigenvalue weighted by Gasteiger charge is 2.18. The van der Waals surface area contributed by atoms with E-state index in [9.17, 15) is 13.2 Å². The predicted octanol–water partition coefficient (Wildman–Crippen LogP) is 0.815.